The smallest absolute Gasteiger partial charge is 0.225 e. The van der Waals surface area contributed by atoms with Gasteiger partial charge < -0.3 is 5.32 Å². The van der Waals surface area contributed by atoms with Gasteiger partial charge in [0, 0.05) is 11.9 Å². The first-order valence-electron chi connectivity index (χ1n) is 8.49. The Morgan fingerprint density at radius 3 is 2.82 bits per heavy atom. The number of H-pyrrole nitrogens is 1. The second kappa shape index (κ2) is 6.78. The van der Waals surface area contributed by atoms with Crippen molar-refractivity contribution in [1.29, 1.82) is 0 Å². The van der Waals surface area contributed by atoms with E-state index in [0.29, 0.717) is 33.7 Å². The van der Waals surface area contributed by atoms with Gasteiger partial charge >= 0.3 is 0 Å². The first kappa shape index (κ1) is 17.0. The topological polar surface area (TPSA) is 84.3 Å². The van der Waals surface area contributed by atoms with Crippen molar-refractivity contribution in [2.24, 2.45) is 0 Å². The fourth-order valence-corrected chi connectivity index (χ4v) is 3.31. The van der Waals surface area contributed by atoms with Crippen LogP contribution in [0.25, 0.3) is 27.8 Å². The molecule has 0 spiro atoms. The van der Waals surface area contributed by atoms with Gasteiger partial charge in [-0.2, -0.15) is 10.1 Å². The van der Waals surface area contributed by atoms with E-state index in [4.69, 9.17) is 23.2 Å². The van der Waals surface area contributed by atoms with E-state index in [9.17, 15) is 0 Å². The number of hydrogen-bond acceptors (Lipinski definition) is 5. The third-order valence-corrected chi connectivity index (χ3v) is 5.17. The van der Waals surface area contributed by atoms with Crippen LogP contribution in [0, 0.1) is 0 Å². The van der Waals surface area contributed by atoms with Crippen molar-refractivity contribution in [2.75, 3.05) is 5.32 Å². The molecule has 7 nitrogen and oxygen atoms in total. The van der Waals surface area contributed by atoms with Gasteiger partial charge in [-0.25, -0.2) is 9.97 Å². The van der Waals surface area contributed by atoms with Gasteiger partial charge in [0.1, 0.15) is 11.8 Å². The van der Waals surface area contributed by atoms with E-state index < -0.39 is 0 Å². The molecule has 0 aliphatic rings. The van der Waals surface area contributed by atoms with Gasteiger partial charge in [-0.05, 0) is 35.9 Å². The third kappa shape index (κ3) is 3.04. The predicted octanol–water partition coefficient (Wildman–Crippen LogP) is 4.61. The molecule has 0 saturated carbocycles. The monoisotopic (exact) mass is 409 g/mol. The second-order valence-corrected chi connectivity index (χ2v) is 7.07. The maximum absolute atomic E-state index is 6.07. The van der Waals surface area contributed by atoms with Crippen LogP contribution in [0.2, 0.25) is 10.0 Å². The Labute approximate surface area is 169 Å². The molecule has 2 aromatic carbocycles. The van der Waals surface area contributed by atoms with Crippen molar-refractivity contribution in [3.63, 3.8) is 0 Å². The van der Waals surface area contributed by atoms with Crippen LogP contribution in [-0.2, 0) is 6.54 Å². The number of aromatic amines is 1. The van der Waals surface area contributed by atoms with Crippen molar-refractivity contribution in [2.45, 2.75) is 6.54 Å². The summed E-state index contributed by atoms with van der Waals surface area (Å²) in [6.45, 7) is 0.524. The first-order chi connectivity index (χ1) is 13.7. The molecule has 0 unspecified atom stereocenters. The van der Waals surface area contributed by atoms with Crippen LogP contribution in [0.15, 0.2) is 55.1 Å². The average Bonchev–Trinajstić information content (AvgIpc) is 3.34. The van der Waals surface area contributed by atoms with E-state index in [1.165, 1.54) is 0 Å². The molecule has 0 bridgehead atoms. The molecule has 0 atom stereocenters. The fourth-order valence-electron chi connectivity index (χ4n) is 2.99. The number of halogens is 2. The van der Waals surface area contributed by atoms with Gasteiger partial charge in [-0.15, -0.1) is 0 Å². The molecule has 9 heteroatoms. The molecule has 0 fully saturated rings. The Kier molecular flexibility index (Phi) is 4.11. The van der Waals surface area contributed by atoms with Gasteiger partial charge in [-0.1, -0.05) is 29.3 Å². The number of nitrogens with zero attached hydrogens (tertiary/aromatic N) is 5. The maximum Gasteiger partial charge on any atom is 0.225 e. The summed E-state index contributed by atoms with van der Waals surface area (Å²) in [7, 11) is 0. The van der Waals surface area contributed by atoms with Crippen molar-refractivity contribution in [3.05, 3.63) is 70.7 Å². The molecule has 3 heterocycles. The van der Waals surface area contributed by atoms with E-state index in [1.54, 1.807) is 24.8 Å². The molecule has 3 aromatic heterocycles. The number of fused-ring (bicyclic) bond motifs is 2. The summed E-state index contributed by atoms with van der Waals surface area (Å²) in [5, 5.41) is 12.3. The lowest BCUT2D eigenvalue weighted by Crippen LogP contribution is -2.04. The predicted molar refractivity (Wildman–Crippen MR) is 110 cm³/mol. The van der Waals surface area contributed by atoms with Gasteiger partial charge in [0.2, 0.25) is 5.95 Å². The van der Waals surface area contributed by atoms with Crippen molar-refractivity contribution < 1.29 is 0 Å². The van der Waals surface area contributed by atoms with Crippen LogP contribution in [0.5, 0.6) is 0 Å². The van der Waals surface area contributed by atoms with E-state index in [-0.39, 0.29) is 0 Å². The Hall–Kier alpha value is -3.16. The highest BCUT2D eigenvalue weighted by Gasteiger charge is 2.10. The summed E-state index contributed by atoms with van der Waals surface area (Å²) in [5.41, 5.74) is 4.30. The van der Waals surface area contributed by atoms with Crippen molar-refractivity contribution in [1.82, 2.24) is 29.7 Å². The van der Waals surface area contributed by atoms with E-state index >= 15 is 0 Å². The van der Waals surface area contributed by atoms with Crippen molar-refractivity contribution >= 4 is 51.2 Å². The molecule has 0 saturated heterocycles. The standard InChI is InChI=1S/C19H13Cl2N7/c20-14-4-1-11(5-15(14)21)7-22-19-23-9-17-18(26-19)28(10-24-17)13-3-2-12-8-25-27-16(12)6-13/h1-6,8-10H,7H2,(H,25,27)(H,22,23,26). The van der Waals surface area contributed by atoms with Gasteiger partial charge in [-0.3, -0.25) is 9.67 Å². The van der Waals surface area contributed by atoms with Crippen LogP contribution in [0.3, 0.4) is 0 Å². The number of hydrogen-bond donors (Lipinski definition) is 2. The number of nitrogens with one attached hydrogen (secondary N) is 2. The fraction of sp³-hybridized carbons (Fsp3) is 0.0526. The summed E-state index contributed by atoms with van der Waals surface area (Å²) < 4.78 is 1.92. The minimum Gasteiger partial charge on any atom is -0.350 e. The molecular formula is C19H13Cl2N7. The van der Waals surface area contributed by atoms with Crippen LogP contribution in [0.1, 0.15) is 5.56 Å². The zero-order valence-electron chi connectivity index (χ0n) is 14.4. The SMILES string of the molecule is Clc1ccc(CNc2ncc3ncn(-c4ccc5cn[nH]c5c4)c3n2)cc1Cl. The van der Waals surface area contributed by atoms with E-state index in [2.05, 4.69) is 30.5 Å². The minimum absolute atomic E-state index is 0.503. The Morgan fingerprint density at radius 2 is 1.93 bits per heavy atom. The Morgan fingerprint density at radius 1 is 1.00 bits per heavy atom. The minimum atomic E-state index is 0.503. The molecular weight excluding hydrogens is 397 g/mol. The molecule has 0 radical (unpaired) electrons. The highest BCUT2D eigenvalue weighted by Crippen LogP contribution is 2.23. The van der Waals surface area contributed by atoms with E-state index in [0.717, 1.165) is 22.2 Å². The zero-order chi connectivity index (χ0) is 19.1. The van der Waals surface area contributed by atoms with Gasteiger partial charge in [0.25, 0.3) is 0 Å². The summed E-state index contributed by atoms with van der Waals surface area (Å²) in [6.07, 6.45) is 5.22. The molecule has 0 aliphatic carbocycles. The summed E-state index contributed by atoms with van der Waals surface area (Å²) in [6, 6.07) is 11.5. The van der Waals surface area contributed by atoms with Crippen LogP contribution >= 0.6 is 23.2 Å². The van der Waals surface area contributed by atoms with Crippen molar-refractivity contribution in [3.8, 4) is 5.69 Å². The lowest BCUT2D eigenvalue weighted by molar-refractivity contribution is 1.03. The quantitative estimate of drug-likeness (QED) is 0.452. The summed E-state index contributed by atoms with van der Waals surface area (Å²) >= 11 is 12.0. The maximum atomic E-state index is 6.07. The number of rotatable bonds is 4. The molecule has 5 rings (SSSR count). The Balaban J connectivity index is 1.46. The average molecular weight is 410 g/mol. The lowest BCUT2D eigenvalue weighted by atomic mass is 10.2. The molecule has 138 valence electrons. The normalized spacial score (nSPS) is 11.4. The van der Waals surface area contributed by atoms with Crippen LogP contribution in [-0.4, -0.2) is 29.7 Å². The molecule has 0 amide bonds. The molecule has 0 aliphatic heterocycles. The summed E-state index contributed by atoms with van der Waals surface area (Å²) in [4.78, 5) is 13.4. The third-order valence-electron chi connectivity index (χ3n) is 4.43. The highest BCUT2D eigenvalue weighted by atomic mass is 35.5. The van der Waals surface area contributed by atoms with Crippen LogP contribution < -0.4 is 5.32 Å². The lowest BCUT2D eigenvalue weighted by Gasteiger charge is -2.07. The number of imidazole rings is 1. The second-order valence-electron chi connectivity index (χ2n) is 6.26. The van der Waals surface area contributed by atoms with Gasteiger partial charge in [0.05, 0.1) is 33.6 Å². The number of anilines is 1. The highest BCUT2D eigenvalue weighted by molar-refractivity contribution is 6.42. The summed E-state index contributed by atoms with van der Waals surface area (Å²) in [5.74, 6) is 0.503. The molecule has 5 aromatic rings. The van der Waals surface area contributed by atoms with Crippen LogP contribution in [0.4, 0.5) is 5.95 Å². The van der Waals surface area contributed by atoms with Gasteiger partial charge in [0.15, 0.2) is 5.65 Å². The molecule has 28 heavy (non-hydrogen) atoms. The first-order valence-corrected chi connectivity index (χ1v) is 9.24. The van der Waals surface area contributed by atoms with E-state index in [1.807, 2.05) is 34.9 Å². The number of benzene rings is 2. The number of aromatic nitrogens is 6. The molecule has 2 N–H and O–H groups in total. The Bertz CT molecular complexity index is 1310. The largest absolute Gasteiger partial charge is 0.350 e. The zero-order valence-corrected chi connectivity index (χ0v) is 15.9.